The lowest BCUT2D eigenvalue weighted by Gasteiger charge is -2.11. The van der Waals surface area contributed by atoms with Crippen LogP contribution in [0.3, 0.4) is 0 Å². The van der Waals surface area contributed by atoms with E-state index in [9.17, 15) is 0 Å². The maximum Gasteiger partial charge on any atom is 0.221 e. The van der Waals surface area contributed by atoms with Gasteiger partial charge in [0.05, 0.1) is 18.4 Å². The zero-order chi connectivity index (χ0) is 14.0. The number of hydrogen-bond acceptors (Lipinski definition) is 6. The van der Waals surface area contributed by atoms with Crippen LogP contribution in [0.1, 0.15) is 28.4 Å². The van der Waals surface area contributed by atoms with Gasteiger partial charge < -0.3 is 14.6 Å². The summed E-state index contributed by atoms with van der Waals surface area (Å²) < 4.78 is 10.4. The molecule has 0 saturated heterocycles. The molecule has 0 unspecified atom stereocenters. The fourth-order valence-electron chi connectivity index (χ4n) is 1.90. The molecule has 6 heteroatoms. The summed E-state index contributed by atoms with van der Waals surface area (Å²) in [6, 6.07) is 0. The van der Waals surface area contributed by atoms with E-state index in [1.807, 2.05) is 27.7 Å². The largest absolute Gasteiger partial charge is 0.481 e. The van der Waals surface area contributed by atoms with Crippen LogP contribution in [-0.4, -0.2) is 22.2 Å². The molecule has 1 N–H and O–H groups in total. The minimum Gasteiger partial charge on any atom is -0.481 e. The van der Waals surface area contributed by atoms with E-state index in [2.05, 4.69) is 20.4 Å². The second-order valence-corrected chi connectivity index (χ2v) is 4.41. The van der Waals surface area contributed by atoms with Gasteiger partial charge in [-0.3, -0.25) is 0 Å². The highest BCUT2D eigenvalue weighted by Crippen LogP contribution is 2.22. The number of hydrogen-bond donors (Lipinski definition) is 1. The molecule has 2 heterocycles. The molecule has 6 nitrogen and oxygen atoms in total. The molecule has 0 aliphatic rings. The number of nitrogens with zero attached hydrogens (tertiary/aromatic N) is 3. The standard InChI is InChI=1S/C13H18N4O2/c1-7-12(15-10(4)16-13(7)18-5)14-6-11-8(2)17-19-9(11)3/h6H2,1-5H3,(H,14,15,16). The van der Waals surface area contributed by atoms with Crippen molar-refractivity contribution in [1.82, 2.24) is 15.1 Å². The molecular weight excluding hydrogens is 244 g/mol. The normalized spacial score (nSPS) is 10.6. The Hall–Kier alpha value is -2.11. The van der Waals surface area contributed by atoms with Gasteiger partial charge in [-0.05, 0) is 27.7 Å². The first-order valence-corrected chi connectivity index (χ1v) is 6.07. The Morgan fingerprint density at radius 2 is 1.89 bits per heavy atom. The van der Waals surface area contributed by atoms with Gasteiger partial charge in [0, 0.05) is 12.1 Å². The Labute approximate surface area is 112 Å². The summed E-state index contributed by atoms with van der Waals surface area (Å²) in [6.45, 7) is 8.19. The number of aryl methyl sites for hydroxylation is 3. The fraction of sp³-hybridized carbons (Fsp3) is 0.462. The third kappa shape index (κ3) is 2.67. The maximum atomic E-state index is 5.23. The van der Waals surface area contributed by atoms with Crippen molar-refractivity contribution in [2.24, 2.45) is 0 Å². The predicted molar refractivity (Wildman–Crippen MR) is 71.4 cm³/mol. The van der Waals surface area contributed by atoms with Crippen LogP contribution in [0.15, 0.2) is 4.52 Å². The molecule has 0 amide bonds. The Bertz CT molecular complexity index is 573. The number of ether oxygens (including phenoxy) is 1. The Kier molecular flexibility index (Phi) is 3.69. The van der Waals surface area contributed by atoms with E-state index in [0.29, 0.717) is 18.2 Å². The van der Waals surface area contributed by atoms with E-state index < -0.39 is 0 Å². The van der Waals surface area contributed by atoms with Crippen molar-refractivity contribution in [2.75, 3.05) is 12.4 Å². The van der Waals surface area contributed by atoms with E-state index in [1.54, 1.807) is 7.11 Å². The fourth-order valence-corrected chi connectivity index (χ4v) is 1.90. The van der Waals surface area contributed by atoms with Crippen molar-refractivity contribution in [3.05, 3.63) is 28.4 Å². The molecule has 2 aromatic heterocycles. The molecule has 0 saturated carbocycles. The number of anilines is 1. The Morgan fingerprint density at radius 1 is 1.16 bits per heavy atom. The third-order valence-corrected chi connectivity index (χ3v) is 3.02. The average molecular weight is 262 g/mol. The lowest BCUT2D eigenvalue weighted by atomic mass is 10.2. The molecule has 19 heavy (non-hydrogen) atoms. The molecule has 0 aliphatic carbocycles. The number of methoxy groups -OCH3 is 1. The third-order valence-electron chi connectivity index (χ3n) is 3.02. The molecule has 0 aromatic carbocycles. The summed E-state index contributed by atoms with van der Waals surface area (Å²) in [5, 5.41) is 7.21. The van der Waals surface area contributed by atoms with Gasteiger partial charge in [-0.2, -0.15) is 4.98 Å². The second kappa shape index (κ2) is 5.26. The van der Waals surface area contributed by atoms with Crippen LogP contribution in [0.5, 0.6) is 5.88 Å². The quantitative estimate of drug-likeness (QED) is 0.911. The highest BCUT2D eigenvalue weighted by molar-refractivity contribution is 5.49. The first kappa shape index (κ1) is 13.3. The van der Waals surface area contributed by atoms with Crippen LogP contribution in [0, 0.1) is 27.7 Å². The van der Waals surface area contributed by atoms with E-state index in [-0.39, 0.29) is 0 Å². The molecule has 2 aromatic rings. The zero-order valence-electron chi connectivity index (χ0n) is 11.9. The van der Waals surface area contributed by atoms with Gasteiger partial charge in [0.1, 0.15) is 17.4 Å². The summed E-state index contributed by atoms with van der Waals surface area (Å²) in [7, 11) is 1.60. The van der Waals surface area contributed by atoms with Gasteiger partial charge in [0.25, 0.3) is 0 Å². The highest BCUT2D eigenvalue weighted by Gasteiger charge is 2.12. The summed E-state index contributed by atoms with van der Waals surface area (Å²) in [5.41, 5.74) is 2.83. The summed E-state index contributed by atoms with van der Waals surface area (Å²) in [4.78, 5) is 8.61. The van der Waals surface area contributed by atoms with Gasteiger partial charge in [-0.1, -0.05) is 5.16 Å². The SMILES string of the molecule is COc1nc(C)nc(NCc2c(C)noc2C)c1C. The number of aromatic nitrogens is 3. The lowest BCUT2D eigenvalue weighted by molar-refractivity contribution is 0.392. The van der Waals surface area contributed by atoms with Crippen molar-refractivity contribution in [1.29, 1.82) is 0 Å². The highest BCUT2D eigenvalue weighted by atomic mass is 16.5. The maximum absolute atomic E-state index is 5.23. The van der Waals surface area contributed by atoms with Crippen LogP contribution in [0.25, 0.3) is 0 Å². The molecular formula is C13H18N4O2. The van der Waals surface area contributed by atoms with E-state index in [1.165, 1.54) is 0 Å². The lowest BCUT2D eigenvalue weighted by Crippen LogP contribution is -2.08. The van der Waals surface area contributed by atoms with Crippen molar-refractivity contribution in [2.45, 2.75) is 34.2 Å². The minimum atomic E-state index is 0.591. The van der Waals surface area contributed by atoms with E-state index in [0.717, 1.165) is 28.4 Å². The van der Waals surface area contributed by atoms with Crippen molar-refractivity contribution < 1.29 is 9.26 Å². The number of nitrogens with one attached hydrogen (secondary N) is 1. The molecule has 0 spiro atoms. The Morgan fingerprint density at radius 3 is 2.47 bits per heavy atom. The van der Waals surface area contributed by atoms with E-state index in [4.69, 9.17) is 9.26 Å². The van der Waals surface area contributed by atoms with Crippen LogP contribution in [0.4, 0.5) is 5.82 Å². The monoisotopic (exact) mass is 262 g/mol. The molecule has 0 atom stereocenters. The second-order valence-electron chi connectivity index (χ2n) is 4.41. The molecule has 0 fully saturated rings. The number of rotatable bonds is 4. The Balaban J connectivity index is 2.22. The smallest absolute Gasteiger partial charge is 0.221 e. The molecule has 0 bridgehead atoms. The molecule has 2 rings (SSSR count). The van der Waals surface area contributed by atoms with Crippen molar-refractivity contribution in [3.8, 4) is 5.88 Å². The molecule has 102 valence electrons. The predicted octanol–water partition coefficient (Wildman–Crippen LogP) is 2.32. The van der Waals surface area contributed by atoms with Gasteiger partial charge in [0.15, 0.2) is 0 Å². The summed E-state index contributed by atoms with van der Waals surface area (Å²) in [5.74, 6) is 2.85. The van der Waals surface area contributed by atoms with Crippen LogP contribution < -0.4 is 10.1 Å². The van der Waals surface area contributed by atoms with Gasteiger partial charge in [-0.15, -0.1) is 0 Å². The summed E-state index contributed by atoms with van der Waals surface area (Å²) >= 11 is 0. The van der Waals surface area contributed by atoms with Crippen LogP contribution in [0.2, 0.25) is 0 Å². The molecule has 0 aliphatic heterocycles. The van der Waals surface area contributed by atoms with Crippen molar-refractivity contribution in [3.63, 3.8) is 0 Å². The van der Waals surface area contributed by atoms with Crippen LogP contribution in [-0.2, 0) is 6.54 Å². The van der Waals surface area contributed by atoms with Gasteiger partial charge >= 0.3 is 0 Å². The first-order chi connectivity index (χ1) is 9.02. The first-order valence-electron chi connectivity index (χ1n) is 6.07. The zero-order valence-corrected chi connectivity index (χ0v) is 11.9. The van der Waals surface area contributed by atoms with Gasteiger partial charge in [0.2, 0.25) is 5.88 Å². The van der Waals surface area contributed by atoms with Gasteiger partial charge in [-0.25, -0.2) is 4.98 Å². The summed E-state index contributed by atoms with van der Waals surface area (Å²) in [6.07, 6.45) is 0. The van der Waals surface area contributed by atoms with Crippen LogP contribution >= 0.6 is 0 Å². The average Bonchev–Trinajstić information content (AvgIpc) is 2.70. The van der Waals surface area contributed by atoms with Crippen molar-refractivity contribution >= 4 is 5.82 Å². The minimum absolute atomic E-state index is 0.591. The molecule has 0 radical (unpaired) electrons. The topological polar surface area (TPSA) is 73.1 Å². The van der Waals surface area contributed by atoms with E-state index >= 15 is 0 Å².